The molecule has 1 amide bonds. The van der Waals surface area contributed by atoms with Crippen molar-refractivity contribution in [2.24, 2.45) is 0 Å². The number of aliphatic hydroxyl groups excluding tert-OH is 1. The SMILES string of the molecule is CN(Cc1ccccc1)C12CCC(NC(=O)O)(CC1)[C@@H](O)C2. The van der Waals surface area contributed by atoms with Gasteiger partial charge in [-0.3, -0.25) is 4.90 Å². The average molecular weight is 304 g/mol. The highest BCUT2D eigenvalue weighted by molar-refractivity contribution is 5.66. The maximum Gasteiger partial charge on any atom is 0.405 e. The molecule has 3 saturated carbocycles. The molecule has 22 heavy (non-hydrogen) atoms. The highest BCUT2D eigenvalue weighted by atomic mass is 16.4. The van der Waals surface area contributed by atoms with Gasteiger partial charge in [-0.2, -0.15) is 0 Å². The minimum atomic E-state index is -1.04. The van der Waals surface area contributed by atoms with Crippen molar-refractivity contribution < 1.29 is 15.0 Å². The van der Waals surface area contributed by atoms with E-state index in [0.717, 1.165) is 19.4 Å². The molecular formula is C17H24N2O3. The monoisotopic (exact) mass is 304 g/mol. The summed E-state index contributed by atoms with van der Waals surface area (Å²) in [4.78, 5) is 13.4. The molecule has 1 aromatic rings. The van der Waals surface area contributed by atoms with Crippen molar-refractivity contribution in [2.45, 2.75) is 55.8 Å². The second kappa shape index (κ2) is 5.56. The van der Waals surface area contributed by atoms with Crippen molar-refractivity contribution in [1.82, 2.24) is 10.2 Å². The third-order valence-electron chi connectivity index (χ3n) is 5.71. The molecule has 1 atom stereocenters. The van der Waals surface area contributed by atoms with Gasteiger partial charge < -0.3 is 15.5 Å². The number of amides is 1. The number of benzene rings is 1. The van der Waals surface area contributed by atoms with E-state index in [2.05, 4.69) is 29.4 Å². The summed E-state index contributed by atoms with van der Waals surface area (Å²) >= 11 is 0. The maximum atomic E-state index is 11.0. The number of aliphatic hydroxyl groups is 1. The fourth-order valence-corrected chi connectivity index (χ4v) is 4.24. The lowest BCUT2D eigenvalue weighted by Gasteiger charge is -2.58. The molecule has 4 rings (SSSR count). The van der Waals surface area contributed by atoms with Crippen molar-refractivity contribution in [3.8, 4) is 0 Å². The molecule has 2 bridgehead atoms. The Kier molecular flexibility index (Phi) is 3.87. The zero-order valence-corrected chi connectivity index (χ0v) is 13.0. The third-order valence-corrected chi connectivity index (χ3v) is 5.71. The van der Waals surface area contributed by atoms with Gasteiger partial charge in [0.25, 0.3) is 0 Å². The van der Waals surface area contributed by atoms with Gasteiger partial charge in [-0.15, -0.1) is 0 Å². The molecule has 0 aromatic heterocycles. The van der Waals surface area contributed by atoms with Gasteiger partial charge in [0.15, 0.2) is 0 Å². The molecule has 3 fully saturated rings. The van der Waals surface area contributed by atoms with Crippen LogP contribution in [0.3, 0.4) is 0 Å². The molecule has 0 radical (unpaired) electrons. The Morgan fingerprint density at radius 3 is 2.45 bits per heavy atom. The summed E-state index contributed by atoms with van der Waals surface area (Å²) in [5.41, 5.74) is 0.609. The van der Waals surface area contributed by atoms with Crippen LogP contribution in [0.1, 0.15) is 37.7 Å². The van der Waals surface area contributed by atoms with Gasteiger partial charge in [0.05, 0.1) is 11.6 Å². The molecule has 1 aromatic carbocycles. The van der Waals surface area contributed by atoms with Crippen LogP contribution in [0.2, 0.25) is 0 Å². The Labute approximate surface area is 130 Å². The van der Waals surface area contributed by atoms with Crippen LogP contribution in [0.25, 0.3) is 0 Å². The van der Waals surface area contributed by atoms with E-state index in [9.17, 15) is 9.90 Å². The number of hydrogen-bond acceptors (Lipinski definition) is 3. The lowest BCUT2D eigenvalue weighted by molar-refractivity contribution is -0.100. The first kappa shape index (κ1) is 15.3. The van der Waals surface area contributed by atoms with Crippen LogP contribution in [0.5, 0.6) is 0 Å². The Bertz CT molecular complexity index is 538. The summed E-state index contributed by atoms with van der Waals surface area (Å²) in [6.07, 6.45) is 2.26. The van der Waals surface area contributed by atoms with Gasteiger partial charge >= 0.3 is 6.09 Å². The standard InChI is InChI=1S/C17H24N2O3/c1-19(12-13-5-3-2-4-6-13)16-7-9-17(10-8-16,14(20)11-16)18-15(21)22/h2-6,14,18,20H,7-12H2,1H3,(H,21,22)/t14-,16?,17?/m0/s1. The van der Waals surface area contributed by atoms with Gasteiger partial charge in [-0.25, -0.2) is 4.79 Å². The number of fused-ring (bicyclic) bond motifs is 3. The lowest BCUT2D eigenvalue weighted by atomic mass is 9.59. The zero-order valence-electron chi connectivity index (χ0n) is 13.0. The molecule has 3 N–H and O–H groups in total. The van der Waals surface area contributed by atoms with E-state index in [-0.39, 0.29) is 5.54 Å². The molecule has 5 nitrogen and oxygen atoms in total. The minimum Gasteiger partial charge on any atom is -0.465 e. The molecule has 3 aliphatic rings. The van der Waals surface area contributed by atoms with E-state index in [4.69, 9.17) is 5.11 Å². The average Bonchev–Trinajstić information content (AvgIpc) is 2.49. The molecule has 0 saturated heterocycles. The topological polar surface area (TPSA) is 72.8 Å². The molecule has 120 valence electrons. The fourth-order valence-electron chi connectivity index (χ4n) is 4.24. The van der Waals surface area contributed by atoms with Gasteiger partial charge in [-0.05, 0) is 44.7 Å². The van der Waals surface area contributed by atoms with E-state index >= 15 is 0 Å². The first-order chi connectivity index (χ1) is 10.5. The van der Waals surface area contributed by atoms with E-state index in [1.165, 1.54) is 5.56 Å². The fraction of sp³-hybridized carbons (Fsp3) is 0.588. The van der Waals surface area contributed by atoms with Gasteiger partial charge in [-0.1, -0.05) is 30.3 Å². The van der Waals surface area contributed by atoms with E-state index in [1.807, 2.05) is 18.2 Å². The lowest BCUT2D eigenvalue weighted by Crippen LogP contribution is -2.69. The van der Waals surface area contributed by atoms with Crippen LogP contribution in [0, 0.1) is 0 Å². The predicted molar refractivity (Wildman–Crippen MR) is 83.6 cm³/mol. The highest BCUT2D eigenvalue weighted by Crippen LogP contribution is 2.49. The van der Waals surface area contributed by atoms with Crippen molar-refractivity contribution in [2.75, 3.05) is 7.05 Å². The number of nitrogens with zero attached hydrogens (tertiary/aromatic N) is 1. The molecular weight excluding hydrogens is 280 g/mol. The number of carbonyl (C=O) groups is 1. The van der Waals surface area contributed by atoms with Crippen LogP contribution in [-0.4, -0.2) is 45.4 Å². The number of carboxylic acid groups (broad SMARTS) is 1. The first-order valence-electron chi connectivity index (χ1n) is 7.90. The van der Waals surface area contributed by atoms with E-state index in [1.54, 1.807) is 0 Å². The van der Waals surface area contributed by atoms with Crippen molar-refractivity contribution in [3.05, 3.63) is 35.9 Å². The van der Waals surface area contributed by atoms with Crippen LogP contribution in [0.4, 0.5) is 4.79 Å². The van der Waals surface area contributed by atoms with Crippen molar-refractivity contribution >= 4 is 6.09 Å². The second-order valence-electron chi connectivity index (χ2n) is 6.87. The van der Waals surface area contributed by atoms with Gasteiger partial charge in [0.1, 0.15) is 0 Å². The Balaban J connectivity index is 1.73. The highest BCUT2D eigenvalue weighted by Gasteiger charge is 2.56. The molecule has 0 aliphatic heterocycles. The third kappa shape index (κ3) is 2.59. The largest absolute Gasteiger partial charge is 0.465 e. The quantitative estimate of drug-likeness (QED) is 0.797. The summed E-state index contributed by atoms with van der Waals surface area (Å²) in [7, 11) is 2.11. The Hall–Kier alpha value is -1.59. The second-order valence-corrected chi connectivity index (χ2v) is 6.87. The molecule has 0 heterocycles. The van der Waals surface area contributed by atoms with Crippen molar-refractivity contribution in [3.63, 3.8) is 0 Å². The van der Waals surface area contributed by atoms with Gasteiger partial charge in [0.2, 0.25) is 0 Å². The summed E-state index contributed by atoms with van der Waals surface area (Å²) in [5, 5.41) is 22.1. The minimum absolute atomic E-state index is 0.0167. The molecule has 0 spiro atoms. The Morgan fingerprint density at radius 2 is 1.91 bits per heavy atom. The van der Waals surface area contributed by atoms with Crippen LogP contribution in [0.15, 0.2) is 30.3 Å². The Morgan fingerprint density at radius 1 is 1.27 bits per heavy atom. The summed E-state index contributed by atoms with van der Waals surface area (Å²) in [5.74, 6) is 0. The van der Waals surface area contributed by atoms with Gasteiger partial charge in [0, 0.05) is 12.1 Å². The smallest absolute Gasteiger partial charge is 0.405 e. The van der Waals surface area contributed by atoms with E-state index < -0.39 is 17.7 Å². The summed E-state index contributed by atoms with van der Waals surface area (Å²) in [6, 6.07) is 10.3. The zero-order chi connectivity index (χ0) is 15.8. The predicted octanol–water partition coefficient (Wildman–Crippen LogP) is 2.20. The normalized spacial score (nSPS) is 33.9. The number of nitrogens with one attached hydrogen (secondary N) is 1. The summed E-state index contributed by atoms with van der Waals surface area (Å²) < 4.78 is 0. The van der Waals surface area contributed by atoms with Crippen LogP contribution >= 0.6 is 0 Å². The summed E-state index contributed by atoms with van der Waals surface area (Å²) in [6.45, 7) is 0.854. The van der Waals surface area contributed by atoms with E-state index in [0.29, 0.717) is 19.3 Å². The maximum absolute atomic E-state index is 11.0. The first-order valence-corrected chi connectivity index (χ1v) is 7.90. The number of hydrogen-bond donors (Lipinski definition) is 3. The van der Waals surface area contributed by atoms with Crippen LogP contribution in [-0.2, 0) is 6.54 Å². The number of rotatable bonds is 4. The molecule has 5 heteroatoms. The van der Waals surface area contributed by atoms with Crippen molar-refractivity contribution in [1.29, 1.82) is 0 Å². The molecule has 0 unspecified atom stereocenters. The molecule has 3 aliphatic carbocycles. The van der Waals surface area contributed by atoms with Crippen LogP contribution < -0.4 is 5.32 Å².